The Balaban J connectivity index is 3.37. The summed E-state index contributed by atoms with van der Waals surface area (Å²) < 4.78 is 5.50. The Morgan fingerprint density at radius 3 is 0.865 bits per heavy atom. The summed E-state index contributed by atoms with van der Waals surface area (Å²) in [5.41, 5.74) is 0. The number of ether oxygens (including phenoxy) is 1. The minimum Gasteiger partial charge on any atom is -0.466 e. The number of carbonyl (C=O) groups excluding carboxylic acids is 2. The van der Waals surface area contributed by atoms with Gasteiger partial charge >= 0.3 is 5.97 Å². The highest BCUT2D eigenvalue weighted by Gasteiger charge is 2.20. The molecule has 0 aromatic rings. The van der Waals surface area contributed by atoms with Crippen LogP contribution in [0.2, 0.25) is 0 Å². The molecule has 0 heterocycles. The fourth-order valence-electron chi connectivity index (χ4n) is 13.0. The standard InChI is InChI=1S/C83H159NO5/c1-3-5-7-9-11-13-15-17-19-21-22-38-41-44-47-51-55-59-63-67-71-75-81(86)80(79-85)84-82(87)76-72-68-64-60-56-52-48-45-42-39-36-34-32-30-28-26-24-23-25-27-29-31-33-35-37-40-43-46-50-54-58-62-66-70-74-78-89-83(88)77-73-69-65-61-57-53-49-20-18-16-14-12-10-8-6-4-2/h20,25,27,31,33,49,80-81,85-86H,3-19,21-24,26,28-30,32,34-48,50-79H2,1-2H3,(H,84,87)/b27-25-,33-31-,49-20-. The van der Waals surface area contributed by atoms with Gasteiger partial charge < -0.3 is 20.3 Å². The van der Waals surface area contributed by atoms with Crippen LogP contribution in [-0.4, -0.2) is 47.4 Å². The van der Waals surface area contributed by atoms with Crippen molar-refractivity contribution in [2.24, 2.45) is 0 Å². The zero-order valence-corrected chi connectivity index (χ0v) is 60.4. The lowest BCUT2D eigenvalue weighted by Crippen LogP contribution is -2.45. The monoisotopic (exact) mass is 1250 g/mol. The summed E-state index contributed by atoms with van der Waals surface area (Å²) >= 11 is 0. The normalized spacial score (nSPS) is 12.6. The third-order valence-corrected chi connectivity index (χ3v) is 19.2. The molecule has 2 atom stereocenters. The Bertz CT molecular complexity index is 1440. The summed E-state index contributed by atoms with van der Waals surface area (Å²) in [6, 6.07) is -0.541. The number of nitrogens with one attached hydrogen (secondary N) is 1. The molecular formula is C83H159NO5. The number of aliphatic hydroxyl groups excluding tert-OH is 2. The van der Waals surface area contributed by atoms with E-state index in [-0.39, 0.29) is 18.5 Å². The van der Waals surface area contributed by atoms with Crippen molar-refractivity contribution in [3.8, 4) is 0 Å². The Labute approximate surface area is 557 Å². The maximum Gasteiger partial charge on any atom is 0.305 e. The molecule has 0 aromatic carbocycles. The number of allylic oxidation sites excluding steroid dienone is 6. The molecule has 0 fully saturated rings. The van der Waals surface area contributed by atoms with E-state index in [4.69, 9.17) is 4.74 Å². The van der Waals surface area contributed by atoms with Gasteiger partial charge in [0, 0.05) is 12.8 Å². The first-order valence-corrected chi connectivity index (χ1v) is 40.7. The average molecular weight is 1250 g/mol. The molecule has 526 valence electrons. The quantitative estimate of drug-likeness (QED) is 0.0320. The lowest BCUT2D eigenvalue weighted by atomic mass is 10.0. The summed E-state index contributed by atoms with van der Waals surface area (Å²) in [7, 11) is 0. The molecule has 0 aliphatic carbocycles. The molecule has 6 nitrogen and oxygen atoms in total. The predicted octanol–water partition coefficient (Wildman–Crippen LogP) is 27.0. The fourth-order valence-corrected chi connectivity index (χ4v) is 13.0. The topological polar surface area (TPSA) is 95.9 Å². The highest BCUT2D eigenvalue weighted by Crippen LogP contribution is 2.20. The number of hydrogen-bond acceptors (Lipinski definition) is 5. The van der Waals surface area contributed by atoms with Crippen LogP contribution in [0.4, 0.5) is 0 Å². The van der Waals surface area contributed by atoms with Crippen molar-refractivity contribution in [2.75, 3.05) is 13.2 Å². The van der Waals surface area contributed by atoms with Crippen LogP contribution in [0.25, 0.3) is 0 Å². The molecule has 1 amide bonds. The first-order chi connectivity index (χ1) is 44.0. The lowest BCUT2D eigenvalue weighted by molar-refractivity contribution is -0.143. The van der Waals surface area contributed by atoms with Crippen LogP contribution in [0.5, 0.6) is 0 Å². The third-order valence-electron chi connectivity index (χ3n) is 19.2. The van der Waals surface area contributed by atoms with Crippen LogP contribution >= 0.6 is 0 Å². The number of unbranched alkanes of at least 4 members (excludes halogenated alkanes) is 60. The Hall–Kier alpha value is -1.92. The van der Waals surface area contributed by atoms with Crippen molar-refractivity contribution < 1.29 is 24.5 Å². The summed E-state index contributed by atoms with van der Waals surface area (Å²) in [4.78, 5) is 24.7. The van der Waals surface area contributed by atoms with Crippen molar-refractivity contribution in [1.29, 1.82) is 0 Å². The van der Waals surface area contributed by atoms with E-state index < -0.39 is 12.1 Å². The molecule has 0 bridgehead atoms. The molecular weight excluding hydrogens is 1090 g/mol. The van der Waals surface area contributed by atoms with Gasteiger partial charge in [-0.1, -0.05) is 397 Å². The van der Waals surface area contributed by atoms with E-state index in [1.165, 1.54) is 372 Å². The number of amides is 1. The van der Waals surface area contributed by atoms with E-state index in [0.29, 0.717) is 25.9 Å². The second-order valence-electron chi connectivity index (χ2n) is 28.1. The molecule has 0 saturated heterocycles. The van der Waals surface area contributed by atoms with Gasteiger partial charge in [-0.05, 0) is 83.5 Å². The summed E-state index contributed by atoms with van der Waals surface area (Å²) in [5, 5.41) is 23.5. The predicted molar refractivity (Wildman–Crippen MR) is 393 cm³/mol. The number of carbonyl (C=O) groups is 2. The Kier molecular flexibility index (Phi) is 76.8. The number of rotatable bonds is 77. The van der Waals surface area contributed by atoms with Gasteiger partial charge in [-0.3, -0.25) is 9.59 Å². The van der Waals surface area contributed by atoms with Crippen molar-refractivity contribution in [2.45, 2.75) is 469 Å². The lowest BCUT2D eigenvalue weighted by Gasteiger charge is -2.22. The molecule has 89 heavy (non-hydrogen) atoms. The van der Waals surface area contributed by atoms with E-state index in [1.807, 2.05) is 0 Å². The molecule has 0 radical (unpaired) electrons. The highest BCUT2D eigenvalue weighted by atomic mass is 16.5. The zero-order chi connectivity index (χ0) is 64.2. The first-order valence-electron chi connectivity index (χ1n) is 40.7. The molecule has 0 aromatic heterocycles. The second-order valence-corrected chi connectivity index (χ2v) is 28.1. The highest BCUT2D eigenvalue weighted by molar-refractivity contribution is 5.76. The fraction of sp³-hybridized carbons (Fsp3) is 0.904. The van der Waals surface area contributed by atoms with Gasteiger partial charge in [-0.2, -0.15) is 0 Å². The summed E-state index contributed by atoms with van der Waals surface area (Å²) in [5.74, 6) is -0.0174. The number of hydrogen-bond donors (Lipinski definition) is 3. The van der Waals surface area contributed by atoms with Crippen LogP contribution in [0.1, 0.15) is 457 Å². The van der Waals surface area contributed by atoms with Crippen molar-refractivity contribution in [3.05, 3.63) is 36.5 Å². The van der Waals surface area contributed by atoms with Crippen LogP contribution in [-0.2, 0) is 14.3 Å². The van der Waals surface area contributed by atoms with E-state index in [0.717, 1.165) is 51.4 Å². The van der Waals surface area contributed by atoms with Crippen molar-refractivity contribution >= 4 is 11.9 Å². The van der Waals surface area contributed by atoms with Crippen molar-refractivity contribution in [1.82, 2.24) is 5.32 Å². The van der Waals surface area contributed by atoms with Crippen LogP contribution < -0.4 is 5.32 Å². The number of aliphatic hydroxyl groups is 2. The Morgan fingerprint density at radius 2 is 0.562 bits per heavy atom. The summed E-state index contributed by atoms with van der Waals surface area (Å²) in [6.07, 6.45) is 102. The van der Waals surface area contributed by atoms with Gasteiger partial charge in [0.15, 0.2) is 0 Å². The van der Waals surface area contributed by atoms with E-state index in [1.54, 1.807) is 0 Å². The van der Waals surface area contributed by atoms with Gasteiger partial charge in [0.2, 0.25) is 5.91 Å². The zero-order valence-electron chi connectivity index (χ0n) is 60.4. The maximum absolute atomic E-state index is 12.6. The van der Waals surface area contributed by atoms with E-state index >= 15 is 0 Å². The molecule has 0 aliphatic rings. The third kappa shape index (κ3) is 75.0. The minimum absolute atomic E-state index is 0.0102. The van der Waals surface area contributed by atoms with Crippen LogP contribution in [0.15, 0.2) is 36.5 Å². The number of esters is 1. The van der Waals surface area contributed by atoms with Crippen LogP contribution in [0.3, 0.4) is 0 Å². The van der Waals surface area contributed by atoms with Crippen molar-refractivity contribution in [3.63, 3.8) is 0 Å². The molecule has 0 spiro atoms. The molecule has 2 unspecified atom stereocenters. The second kappa shape index (κ2) is 78.5. The van der Waals surface area contributed by atoms with Gasteiger partial charge in [0.25, 0.3) is 0 Å². The summed E-state index contributed by atoms with van der Waals surface area (Å²) in [6.45, 7) is 5.00. The first kappa shape index (κ1) is 87.1. The van der Waals surface area contributed by atoms with Gasteiger partial charge in [0.05, 0.1) is 25.4 Å². The molecule has 6 heteroatoms. The average Bonchev–Trinajstić information content (AvgIpc) is 3.55. The SMILES string of the molecule is CCCCCCCCC/C=C\CCCCCCCC(=O)OCCCCCCCCCCCCC/C=C\C/C=C\CCCCCCCCCCCCCCCCCCCC(=O)NC(CO)C(O)CCCCCCCCCCCCCCCCCCCCCCC. The molecule has 0 saturated carbocycles. The molecule has 3 N–H and O–H groups in total. The van der Waals surface area contributed by atoms with E-state index in [2.05, 4.69) is 55.6 Å². The largest absolute Gasteiger partial charge is 0.466 e. The molecule has 0 aliphatic heterocycles. The smallest absolute Gasteiger partial charge is 0.305 e. The Morgan fingerprint density at radius 1 is 0.315 bits per heavy atom. The maximum atomic E-state index is 12.6. The van der Waals surface area contributed by atoms with Gasteiger partial charge in [-0.25, -0.2) is 0 Å². The van der Waals surface area contributed by atoms with Gasteiger partial charge in [0.1, 0.15) is 0 Å². The van der Waals surface area contributed by atoms with Crippen LogP contribution in [0, 0.1) is 0 Å². The van der Waals surface area contributed by atoms with E-state index in [9.17, 15) is 19.8 Å². The molecule has 0 rings (SSSR count). The minimum atomic E-state index is -0.664. The van der Waals surface area contributed by atoms with Gasteiger partial charge in [-0.15, -0.1) is 0 Å².